The van der Waals surface area contributed by atoms with Gasteiger partial charge in [0.2, 0.25) is 0 Å². The van der Waals surface area contributed by atoms with E-state index in [1.807, 2.05) is 0 Å². The van der Waals surface area contributed by atoms with Crippen molar-refractivity contribution >= 4 is 12.6 Å². The molecule has 21 heavy (non-hydrogen) atoms. The van der Waals surface area contributed by atoms with Crippen molar-refractivity contribution in [3.63, 3.8) is 0 Å². The van der Waals surface area contributed by atoms with E-state index in [9.17, 15) is 9.18 Å². The van der Waals surface area contributed by atoms with Gasteiger partial charge in [-0.25, -0.2) is 13.9 Å². The molecular weight excluding hydrogens is 276 g/mol. The van der Waals surface area contributed by atoms with Crippen molar-refractivity contribution in [3.8, 4) is 0 Å². The summed E-state index contributed by atoms with van der Waals surface area (Å²) in [6.45, 7) is 0.693. The summed E-state index contributed by atoms with van der Waals surface area (Å²) in [4.78, 5) is 12.2. The van der Waals surface area contributed by atoms with Gasteiger partial charge in [-0.15, -0.1) is 0 Å². The third kappa shape index (κ3) is 2.64. The Labute approximate surface area is 120 Å². The van der Waals surface area contributed by atoms with E-state index in [1.165, 1.54) is 16.8 Å². The molecule has 2 aromatic rings. The van der Waals surface area contributed by atoms with E-state index in [0.29, 0.717) is 6.54 Å². The molecule has 0 spiro atoms. The van der Waals surface area contributed by atoms with Crippen LogP contribution in [-0.2, 0) is 19.5 Å². The van der Waals surface area contributed by atoms with E-state index in [1.54, 1.807) is 4.57 Å². The van der Waals surface area contributed by atoms with Crippen molar-refractivity contribution in [1.82, 2.24) is 14.3 Å². The number of aromatic nitrogens is 3. The third-order valence-corrected chi connectivity index (χ3v) is 3.73. The fourth-order valence-corrected chi connectivity index (χ4v) is 2.57. The molecular formula is C13H15BFN3O3. The molecule has 6 nitrogen and oxygen atoms in total. The molecule has 3 rings (SSSR count). The van der Waals surface area contributed by atoms with Crippen LogP contribution in [0.3, 0.4) is 0 Å². The lowest BCUT2D eigenvalue weighted by molar-refractivity contribution is 0.425. The Morgan fingerprint density at radius 1 is 1.33 bits per heavy atom. The molecule has 1 aliphatic rings. The van der Waals surface area contributed by atoms with Gasteiger partial charge in [0.1, 0.15) is 11.6 Å². The van der Waals surface area contributed by atoms with Crippen LogP contribution in [-0.4, -0.2) is 31.5 Å². The van der Waals surface area contributed by atoms with E-state index in [0.717, 1.165) is 31.2 Å². The van der Waals surface area contributed by atoms with E-state index in [4.69, 9.17) is 10.0 Å². The lowest BCUT2D eigenvalue weighted by Crippen LogP contribution is -2.31. The predicted molar refractivity (Wildman–Crippen MR) is 74.8 cm³/mol. The summed E-state index contributed by atoms with van der Waals surface area (Å²) >= 11 is 0. The summed E-state index contributed by atoms with van der Waals surface area (Å²) < 4.78 is 16.8. The number of hydrogen-bond acceptors (Lipinski definition) is 4. The van der Waals surface area contributed by atoms with Gasteiger partial charge < -0.3 is 10.0 Å². The fraction of sp³-hybridized carbons (Fsp3) is 0.385. The molecule has 2 heterocycles. The summed E-state index contributed by atoms with van der Waals surface area (Å²) in [6.07, 6.45) is 2.73. The molecule has 1 aliphatic heterocycles. The highest BCUT2D eigenvalue weighted by Gasteiger charge is 2.18. The van der Waals surface area contributed by atoms with Gasteiger partial charge in [-0.3, -0.25) is 4.57 Å². The summed E-state index contributed by atoms with van der Waals surface area (Å²) in [5.74, 6) is 0.160. The molecule has 8 heteroatoms. The molecule has 0 aliphatic carbocycles. The summed E-state index contributed by atoms with van der Waals surface area (Å²) in [5.41, 5.74) is 0.139. The summed E-state index contributed by atoms with van der Waals surface area (Å²) in [5, 5.41) is 22.2. The molecule has 0 bridgehead atoms. The minimum Gasteiger partial charge on any atom is -0.423 e. The largest absolute Gasteiger partial charge is 0.488 e. The normalized spacial score (nSPS) is 14.0. The van der Waals surface area contributed by atoms with E-state index in [-0.39, 0.29) is 23.3 Å². The zero-order valence-corrected chi connectivity index (χ0v) is 11.4. The van der Waals surface area contributed by atoms with Gasteiger partial charge in [-0.1, -0.05) is 12.1 Å². The lowest BCUT2D eigenvalue weighted by Gasteiger charge is -2.09. The van der Waals surface area contributed by atoms with Crippen molar-refractivity contribution in [2.75, 3.05) is 0 Å². The first-order valence-electron chi connectivity index (χ1n) is 6.87. The van der Waals surface area contributed by atoms with Gasteiger partial charge in [0.05, 0.1) is 6.54 Å². The highest BCUT2D eigenvalue weighted by atomic mass is 19.1. The predicted octanol–water partition coefficient (Wildman–Crippen LogP) is -0.752. The zero-order chi connectivity index (χ0) is 15.0. The number of aryl methyl sites for hydroxylation is 1. The maximum Gasteiger partial charge on any atom is 0.488 e. The standard InChI is InChI=1S/C13H15BFN3O3/c15-11-7-10(14(20)21)5-4-9(11)8-18-13(19)17-6-2-1-3-12(17)16-18/h4-5,7,20-21H,1-3,6,8H2. The number of fused-ring (bicyclic) bond motifs is 1. The van der Waals surface area contributed by atoms with Crippen molar-refractivity contribution < 1.29 is 14.4 Å². The summed E-state index contributed by atoms with van der Waals surface area (Å²) in [6, 6.07) is 3.92. The van der Waals surface area contributed by atoms with Crippen molar-refractivity contribution in [1.29, 1.82) is 0 Å². The Hall–Kier alpha value is -1.93. The second-order valence-corrected chi connectivity index (χ2v) is 5.19. The van der Waals surface area contributed by atoms with Crippen molar-refractivity contribution in [3.05, 3.63) is 45.9 Å². The Morgan fingerprint density at radius 2 is 2.14 bits per heavy atom. The quantitative estimate of drug-likeness (QED) is 0.729. The minimum atomic E-state index is -1.71. The monoisotopic (exact) mass is 291 g/mol. The van der Waals surface area contributed by atoms with Gasteiger partial charge in [-0.05, 0) is 24.4 Å². The topological polar surface area (TPSA) is 80.3 Å². The van der Waals surface area contributed by atoms with Crippen molar-refractivity contribution in [2.24, 2.45) is 0 Å². The maximum absolute atomic E-state index is 13.9. The molecule has 1 aromatic carbocycles. The second kappa shape index (κ2) is 5.46. The third-order valence-electron chi connectivity index (χ3n) is 3.73. The molecule has 0 saturated heterocycles. The Morgan fingerprint density at radius 3 is 2.81 bits per heavy atom. The van der Waals surface area contributed by atoms with Crippen LogP contribution in [0.5, 0.6) is 0 Å². The highest BCUT2D eigenvalue weighted by molar-refractivity contribution is 6.58. The molecule has 0 unspecified atom stereocenters. The average Bonchev–Trinajstić information content (AvgIpc) is 2.78. The number of hydrogen-bond donors (Lipinski definition) is 2. The average molecular weight is 291 g/mol. The van der Waals surface area contributed by atoms with E-state index in [2.05, 4.69) is 5.10 Å². The molecule has 1 aromatic heterocycles. The van der Waals surface area contributed by atoms with Crippen LogP contribution in [0.2, 0.25) is 0 Å². The van der Waals surface area contributed by atoms with Crippen molar-refractivity contribution in [2.45, 2.75) is 32.4 Å². The fourth-order valence-electron chi connectivity index (χ4n) is 2.57. The molecule has 110 valence electrons. The maximum atomic E-state index is 13.9. The van der Waals surface area contributed by atoms with Gasteiger partial charge in [0, 0.05) is 18.5 Å². The van der Waals surface area contributed by atoms with E-state index < -0.39 is 12.9 Å². The van der Waals surface area contributed by atoms with Crippen LogP contribution in [0.15, 0.2) is 23.0 Å². The first-order chi connectivity index (χ1) is 10.1. The molecule has 0 radical (unpaired) electrons. The van der Waals surface area contributed by atoms with Gasteiger partial charge >= 0.3 is 12.8 Å². The van der Waals surface area contributed by atoms with Crippen LogP contribution in [0, 0.1) is 5.82 Å². The Kier molecular flexibility index (Phi) is 3.65. The first kappa shape index (κ1) is 14.0. The Balaban J connectivity index is 1.90. The minimum absolute atomic E-state index is 0.0342. The number of halogens is 1. The van der Waals surface area contributed by atoms with Gasteiger partial charge in [0.15, 0.2) is 0 Å². The number of benzene rings is 1. The van der Waals surface area contributed by atoms with Crippen LogP contribution >= 0.6 is 0 Å². The molecule has 0 saturated carbocycles. The van der Waals surface area contributed by atoms with Crippen LogP contribution < -0.4 is 11.2 Å². The zero-order valence-electron chi connectivity index (χ0n) is 11.4. The molecule has 0 fully saturated rings. The highest BCUT2D eigenvalue weighted by Crippen LogP contribution is 2.11. The smallest absolute Gasteiger partial charge is 0.423 e. The Bertz CT molecular complexity index is 726. The molecule has 0 amide bonds. The van der Waals surface area contributed by atoms with Crippen LogP contribution in [0.1, 0.15) is 24.2 Å². The second-order valence-electron chi connectivity index (χ2n) is 5.19. The number of nitrogens with zero attached hydrogens (tertiary/aromatic N) is 3. The molecule has 2 N–H and O–H groups in total. The van der Waals surface area contributed by atoms with Crippen LogP contribution in [0.4, 0.5) is 4.39 Å². The SMILES string of the molecule is O=c1n(Cc2ccc(B(O)O)cc2F)nc2n1CCCC2. The number of rotatable bonds is 3. The van der Waals surface area contributed by atoms with Gasteiger partial charge in [0.25, 0.3) is 0 Å². The summed E-state index contributed by atoms with van der Waals surface area (Å²) in [7, 11) is -1.71. The van der Waals surface area contributed by atoms with Crippen LogP contribution in [0.25, 0.3) is 0 Å². The lowest BCUT2D eigenvalue weighted by atomic mass is 9.80. The van der Waals surface area contributed by atoms with E-state index >= 15 is 0 Å². The van der Waals surface area contributed by atoms with Gasteiger partial charge in [-0.2, -0.15) is 5.10 Å². The first-order valence-corrected chi connectivity index (χ1v) is 6.87. The molecule has 0 atom stereocenters.